The molecule has 43 heavy (non-hydrogen) atoms. The van der Waals surface area contributed by atoms with E-state index < -0.39 is 23.9 Å². The van der Waals surface area contributed by atoms with Gasteiger partial charge in [0, 0.05) is 48.8 Å². The van der Waals surface area contributed by atoms with Crippen LogP contribution in [0.5, 0.6) is 0 Å². The highest BCUT2D eigenvalue weighted by Gasteiger charge is 2.39. The third-order valence-corrected chi connectivity index (χ3v) is 7.81. The summed E-state index contributed by atoms with van der Waals surface area (Å²) in [7, 11) is 0. The topological polar surface area (TPSA) is 85.5 Å². The summed E-state index contributed by atoms with van der Waals surface area (Å²) in [6, 6.07) is 15.2. The van der Waals surface area contributed by atoms with Crippen LogP contribution >= 0.6 is 0 Å². The van der Waals surface area contributed by atoms with Crippen molar-refractivity contribution in [3.05, 3.63) is 101 Å². The van der Waals surface area contributed by atoms with Crippen LogP contribution in [0.25, 0.3) is 11.1 Å². The largest absolute Gasteiger partial charge is 0.453 e. The summed E-state index contributed by atoms with van der Waals surface area (Å²) in [5.74, 6) is -1.54. The van der Waals surface area contributed by atoms with E-state index in [-0.39, 0.29) is 30.7 Å². The molecule has 8 nitrogen and oxygen atoms in total. The molecule has 2 unspecified atom stereocenters. The van der Waals surface area contributed by atoms with Crippen LogP contribution in [0.15, 0.2) is 65.9 Å². The van der Waals surface area contributed by atoms with E-state index in [2.05, 4.69) is 20.2 Å². The quantitative estimate of drug-likeness (QED) is 0.184. The molecule has 2 aromatic carbocycles. The molecule has 4 aromatic rings. The summed E-state index contributed by atoms with van der Waals surface area (Å²) in [6.45, 7) is 4.51. The molecular weight excluding hydrogens is 564 g/mol. The molecule has 6 rings (SSSR count). The number of aryl methyl sites for hydroxylation is 1. The van der Waals surface area contributed by atoms with Gasteiger partial charge in [-0.3, -0.25) is 14.7 Å². The Morgan fingerprint density at radius 2 is 1.88 bits per heavy atom. The average molecular weight is 593 g/mol. The molecule has 2 atom stereocenters. The van der Waals surface area contributed by atoms with Gasteiger partial charge in [-0.05, 0) is 61.4 Å². The Labute approximate surface area is 245 Å². The maximum Gasteiger partial charge on any atom is 0.453 e. The minimum absolute atomic E-state index is 0.101. The summed E-state index contributed by atoms with van der Waals surface area (Å²) in [5.41, 5.74) is 4.01. The maximum absolute atomic E-state index is 15.1. The number of pyridine rings is 1. The fourth-order valence-corrected chi connectivity index (χ4v) is 5.46. The van der Waals surface area contributed by atoms with Crippen molar-refractivity contribution in [1.29, 1.82) is 0 Å². The molecule has 0 N–H and O–H groups in total. The summed E-state index contributed by atoms with van der Waals surface area (Å²) in [5, 5.41) is 7.88. The number of Topliss-reactive ketones (excluding diaryl/α,β-unsaturated/α-hetero) is 1. The number of hydrogen-bond donors (Lipinski definition) is 0. The zero-order valence-corrected chi connectivity index (χ0v) is 23.5. The van der Waals surface area contributed by atoms with Crippen LogP contribution in [0.3, 0.4) is 0 Å². The Bertz CT molecular complexity index is 1700. The second-order valence-electron chi connectivity index (χ2n) is 10.8. The zero-order valence-electron chi connectivity index (χ0n) is 23.5. The molecule has 4 heterocycles. The Morgan fingerprint density at radius 1 is 1.07 bits per heavy atom. The van der Waals surface area contributed by atoms with Gasteiger partial charge in [-0.15, -0.1) is 5.10 Å². The number of oxime groups is 1. The van der Waals surface area contributed by atoms with Crippen LogP contribution in [0.4, 0.5) is 17.6 Å². The number of benzene rings is 2. The first-order valence-corrected chi connectivity index (χ1v) is 13.9. The van der Waals surface area contributed by atoms with Crippen molar-refractivity contribution >= 4 is 11.5 Å². The average Bonchev–Trinajstić information content (AvgIpc) is 3.66. The molecule has 12 heteroatoms. The SMILES string of the molecule is Cc1ccc(-c2cc(C(=O)CCN3CCn4nc(C(F)(F)F)nc4C3C)cc(C3=NOC(c4ccccn4)C3)c2)c(F)c1. The summed E-state index contributed by atoms with van der Waals surface area (Å²) < 4.78 is 55.8. The van der Waals surface area contributed by atoms with E-state index in [9.17, 15) is 18.0 Å². The fraction of sp³-hybridized carbons (Fsp3) is 0.323. The predicted octanol–water partition coefficient (Wildman–Crippen LogP) is 6.32. The Hall–Kier alpha value is -4.45. The molecule has 0 fully saturated rings. The van der Waals surface area contributed by atoms with Crippen molar-refractivity contribution in [3.8, 4) is 11.1 Å². The van der Waals surface area contributed by atoms with Crippen molar-refractivity contribution in [2.24, 2.45) is 5.16 Å². The zero-order chi connectivity index (χ0) is 30.3. The van der Waals surface area contributed by atoms with Crippen LogP contribution in [0, 0.1) is 12.7 Å². The number of carbonyl (C=O) groups is 1. The van der Waals surface area contributed by atoms with E-state index in [1.807, 2.05) is 23.1 Å². The van der Waals surface area contributed by atoms with Crippen LogP contribution in [-0.2, 0) is 17.6 Å². The lowest BCUT2D eigenvalue weighted by Crippen LogP contribution is -2.38. The van der Waals surface area contributed by atoms with Crippen molar-refractivity contribution in [2.45, 2.75) is 51.6 Å². The summed E-state index contributed by atoms with van der Waals surface area (Å²) in [4.78, 5) is 29.2. The van der Waals surface area contributed by atoms with E-state index in [0.29, 0.717) is 47.5 Å². The van der Waals surface area contributed by atoms with Crippen molar-refractivity contribution < 1.29 is 27.2 Å². The number of rotatable bonds is 7. The lowest BCUT2D eigenvalue weighted by atomic mass is 9.93. The van der Waals surface area contributed by atoms with Gasteiger partial charge in [0.15, 0.2) is 11.9 Å². The van der Waals surface area contributed by atoms with Gasteiger partial charge in [-0.1, -0.05) is 23.4 Å². The minimum atomic E-state index is -4.63. The van der Waals surface area contributed by atoms with Crippen LogP contribution < -0.4 is 0 Å². The smallest absolute Gasteiger partial charge is 0.385 e. The van der Waals surface area contributed by atoms with E-state index >= 15 is 4.39 Å². The van der Waals surface area contributed by atoms with Gasteiger partial charge >= 0.3 is 6.18 Å². The highest BCUT2D eigenvalue weighted by atomic mass is 19.4. The number of carbonyl (C=O) groups excluding carboxylic acids is 1. The van der Waals surface area contributed by atoms with E-state index in [4.69, 9.17) is 4.84 Å². The van der Waals surface area contributed by atoms with Crippen molar-refractivity contribution in [3.63, 3.8) is 0 Å². The van der Waals surface area contributed by atoms with Crippen LogP contribution in [-0.4, -0.2) is 49.2 Å². The third kappa shape index (κ3) is 5.92. The molecule has 2 aromatic heterocycles. The molecule has 222 valence electrons. The molecule has 0 aliphatic carbocycles. The van der Waals surface area contributed by atoms with Crippen LogP contribution in [0.2, 0.25) is 0 Å². The van der Waals surface area contributed by atoms with Gasteiger partial charge in [0.1, 0.15) is 11.6 Å². The van der Waals surface area contributed by atoms with Gasteiger partial charge in [0.25, 0.3) is 5.82 Å². The second-order valence-corrected chi connectivity index (χ2v) is 10.8. The number of halogens is 4. The Morgan fingerprint density at radius 3 is 2.63 bits per heavy atom. The highest BCUT2D eigenvalue weighted by molar-refractivity contribution is 6.05. The summed E-state index contributed by atoms with van der Waals surface area (Å²) >= 11 is 0. The fourth-order valence-electron chi connectivity index (χ4n) is 5.46. The molecule has 2 aliphatic heterocycles. The predicted molar refractivity (Wildman–Crippen MR) is 150 cm³/mol. The Kier molecular flexibility index (Phi) is 7.55. The number of ketones is 1. The molecule has 0 radical (unpaired) electrons. The minimum Gasteiger partial charge on any atom is -0.385 e. The highest BCUT2D eigenvalue weighted by Crippen LogP contribution is 2.33. The number of hydrogen-bond acceptors (Lipinski definition) is 7. The van der Waals surface area contributed by atoms with Gasteiger partial charge in [-0.25, -0.2) is 14.1 Å². The van der Waals surface area contributed by atoms with Crippen molar-refractivity contribution in [1.82, 2.24) is 24.6 Å². The van der Waals surface area contributed by atoms with E-state index in [0.717, 1.165) is 11.3 Å². The molecule has 0 saturated carbocycles. The monoisotopic (exact) mass is 592 g/mol. The van der Waals surface area contributed by atoms with Gasteiger partial charge in [-0.2, -0.15) is 13.2 Å². The number of aromatic nitrogens is 4. The van der Waals surface area contributed by atoms with E-state index in [1.165, 1.54) is 10.7 Å². The standard InChI is InChI=1S/C31H28F4N6O2/c1-18-6-7-23(24(32)13-18)20-14-21(26-17-28(43-39-26)25-5-3-4-9-36-25)16-22(15-20)27(42)8-10-40-11-12-41-29(19(40)2)37-30(38-41)31(33,34)35/h3-7,9,13-16,19,28H,8,10-12,17H2,1-2H3. The first-order valence-electron chi connectivity index (χ1n) is 13.9. The molecule has 0 amide bonds. The Balaban J connectivity index is 1.24. The van der Waals surface area contributed by atoms with Gasteiger partial charge < -0.3 is 4.84 Å². The summed E-state index contributed by atoms with van der Waals surface area (Å²) in [6.07, 6.45) is -2.80. The van der Waals surface area contributed by atoms with Gasteiger partial charge in [0.2, 0.25) is 0 Å². The molecule has 2 aliphatic rings. The van der Waals surface area contributed by atoms with Crippen molar-refractivity contribution in [2.75, 3.05) is 13.1 Å². The third-order valence-electron chi connectivity index (χ3n) is 7.81. The van der Waals surface area contributed by atoms with Gasteiger partial charge in [0.05, 0.1) is 24.0 Å². The maximum atomic E-state index is 15.1. The first kappa shape index (κ1) is 28.7. The second kappa shape index (κ2) is 11.3. The van der Waals surface area contributed by atoms with Crippen LogP contribution in [0.1, 0.15) is 70.7 Å². The number of fused-ring (bicyclic) bond motifs is 1. The molecular formula is C31H28F4N6O2. The lowest BCUT2D eigenvalue weighted by Gasteiger charge is -2.32. The molecule has 0 spiro atoms. The number of alkyl halides is 3. The first-order chi connectivity index (χ1) is 20.6. The van der Waals surface area contributed by atoms with E-state index in [1.54, 1.807) is 50.4 Å². The molecule has 0 saturated heterocycles. The molecule has 0 bridgehead atoms. The normalized spacial score (nSPS) is 18.7. The number of nitrogens with zero attached hydrogens (tertiary/aromatic N) is 6. The lowest BCUT2D eigenvalue weighted by molar-refractivity contribution is -0.145.